The maximum absolute atomic E-state index is 12.4. The van der Waals surface area contributed by atoms with Crippen LogP contribution >= 0.6 is 0 Å². The van der Waals surface area contributed by atoms with Gasteiger partial charge in [-0.3, -0.25) is 9.59 Å². The van der Waals surface area contributed by atoms with Gasteiger partial charge < -0.3 is 20.3 Å². The van der Waals surface area contributed by atoms with Gasteiger partial charge in [-0.05, 0) is 83.5 Å². The number of allylic oxidation sites excluding steroid dienone is 6. The molecule has 0 aliphatic heterocycles. The van der Waals surface area contributed by atoms with Crippen LogP contribution in [0.1, 0.15) is 296 Å². The zero-order chi connectivity index (χ0) is 46.5. The maximum atomic E-state index is 12.4. The highest BCUT2D eigenvalue weighted by atomic mass is 16.5. The summed E-state index contributed by atoms with van der Waals surface area (Å²) in [5.74, 6) is -0.0527. The highest BCUT2D eigenvalue weighted by Crippen LogP contribution is 2.16. The van der Waals surface area contributed by atoms with Crippen LogP contribution in [-0.2, 0) is 14.3 Å². The SMILES string of the molecule is CCCCC/C=C\C/C=C\CCCCCCCC(=O)OCCCCCCCCCCC/C=C\CCCCCCCCCC(=O)NC(CO)C(O)CCCCCCCCCCCCCC. The molecular formula is C58H109NO5. The average Bonchev–Trinajstić information content (AvgIpc) is 3.29. The molecule has 6 heteroatoms. The molecule has 0 radical (unpaired) electrons. The fraction of sp³-hybridized carbons (Fsp3) is 0.862. The van der Waals surface area contributed by atoms with Gasteiger partial charge in [-0.2, -0.15) is 0 Å². The molecule has 0 fully saturated rings. The minimum absolute atomic E-state index is 0.00811. The van der Waals surface area contributed by atoms with Crippen LogP contribution in [0.25, 0.3) is 0 Å². The van der Waals surface area contributed by atoms with E-state index in [0.29, 0.717) is 25.9 Å². The Labute approximate surface area is 398 Å². The zero-order valence-corrected chi connectivity index (χ0v) is 42.8. The number of esters is 1. The number of carbonyl (C=O) groups excluding carboxylic acids is 2. The van der Waals surface area contributed by atoms with Gasteiger partial charge in [-0.25, -0.2) is 0 Å². The van der Waals surface area contributed by atoms with Crippen molar-refractivity contribution in [2.24, 2.45) is 0 Å². The first-order valence-corrected chi connectivity index (χ1v) is 28.2. The molecule has 0 spiro atoms. The summed E-state index contributed by atoms with van der Waals surface area (Å²) in [6, 6.07) is -0.547. The smallest absolute Gasteiger partial charge is 0.305 e. The van der Waals surface area contributed by atoms with Crippen LogP contribution < -0.4 is 5.32 Å². The van der Waals surface area contributed by atoms with Gasteiger partial charge in [-0.1, -0.05) is 237 Å². The number of carbonyl (C=O) groups is 2. The van der Waals surface area contributed by atoms with E-state index >= 15 is 0 Å². The lowest BCUT2D eigenvalue weighted by molar-refractivity contribution is -0.143. The molecule has 3 N–H and O–H groups in total. The Morgan fingerprint density at radius 3 is 1.23 bits per heavy atom. The molecule has 0 aromatic rings. The van der Waals surface area contributed by atoms with Crippen molar-refractivity contribution in [2.45, 2.75) is 309 Å². The second-order valence-corrected chi connectivity index (χ2v) is 19.3. The molecule has 376 valence electrons. The molecule has 0 saturated carbocycles. The van der Waals surface area contributed by atoms with Crippen molar-refractivity contribution in [1.29, 1.82) is 0 Å². The predicted molar refractivity (Wildman–Crippen MR) is 278 cm³/mol. The molecule has 2 atom stereocenters. The molecule has 6 nitrogen and oxygen atoms in total. The number of rotatable bonds is 52. The lowest BCUT2D eigenvalue weighted by Crippen LogP contribution is -2.45. The summed E-state index contributed by atoms with van der Waals surface area (Å²) >= 11 is 0. The second kappa shape index (κ2) is 53.7. The molecule has 0 aromatic heterocycles. The van der Waals surface area contributed by atoms with E-state index in [0.717, 1.165) is 51.4 Å². The first-order chi connectivity index (χ1) is 31.5. The Bertz CT molecular complexity index is 1040. The Balaban J connectivity index is 3.43. The average molecular weight is 901 g/mol. The Kier molecular flexibility index (Phi) is 52.1. The number of hydrogen-bond donors (Lipinski definition) is 3. The van der Waals surface area contributed by atoms with E-state index < -0.39 is 12.1 Å². The zero-order valence-electron chi connectivity index (χ0n) is 42.8. The molecule has 0 rings (SSSR count). The van der Waals surface area contributed by atoms with Crippen LogP contribution in [0.3, 0.4) is 0 Å². The molecule has 0 saturated heterocycles. The summed E-state index contributed by atoms with van der Waals surface area (Å²) in [4.78, 5) is 24.5. The van der Waals surface area contributed by atoms with Crippen LogP contribution in [-0.4, -0.2) is 47.4 Å². The topological polar surface area (TPSA) is 95.9 Å². The van der Waals surface area contributed by atoms with E-state index in [1.807, 2.05) is 0 Å². The van der Waals surface area contributed by atoms with Gasteiger partial charge in [-0.15, -0.1) is 0 Å². The number of ether oxygens (including phenoxy) is 1. The molecule has 1 amide bonds. The van der Waals surface area contributed by atoms with Crippen molar-refractivity contribution in [2.75, 3.05) is 13.2 Å². The minimum Gasteiger partial charge on any atom is -0.466 e. The van der Waals surface area contributed by atoms with Crippen molar-refractivity contribution in [3.63, 3.8) is 0 Å². The molecular weight excluding hydrogens is 791 g/mol. The Morgan fingerprint density at radius 1 is 0.438 bits per heavy atom. The summed E-state index contributed by atoms with van der Waals surface area (Å²) in [5.41, 5.74) is 0. The van der Waals surface area contributed by atoms with E-state index in [4.69, 9.17) is 4.74 Å². The molecule has 0 heterocycles. The number of aliphatic hydroxyl groups is 2. The Hall–Kier alpha value is -1.92. The summed E-state index contributed by atoms with van der Waals surface area (Å²) in [6.45, 7) is 4.91. The molecule has 2 unspecified atom stereocenters. The lowest BCUT2D eigenvalue weighted by atomic mass is 10.0. The maximum Gasteiger partial charge on any atom is 0.305 e. The summed E-state index contributed by atoms with van der Waals surface area (Å²) < 4.78 is 5.47. The van der Waals surface area contributed by atoms with Crippen LogP contribution in [0, 0.1) is 0 Å². The number of hydrogen-bond acceptors (Lipinski definition) is 5. The highest BCUT2D eigenvalue weighted by Gasteiger charge is 2.20. The molecule has 0 aromatic carbocycles. The Morgan fingerprint density at radius 2 is 0.781 bits per heavy atom. The molecule has 64 heavy (non-hydrogen) atoms. The third-order valence-corrected chi connectivity index (χ3v) is 12.9. The van der Waals surface area contributed by atoms with Crippen molar-refractivity contribution in [3.8, 4) is 0 Å². The van der Waals surface area contributed by atoms with Gasteiger partial charge in [0, 0.05) is 12.8 Å². The van der Waals surface area contributed by atoms with Crippen molar-refractivity contribution < 1.29 is 24.5 Å². The first kappa shape index (κ1) is 62.1. The predicted octanol–water partition coefficient (Wildman–Crippen LogP) is 17.2. The fourth-order valence-corrected chi connectivity index (χ4v) is 8.55. The third kappa shape index (κ3) is 49.5. The standard InChI is InChI=1S/C58H109NO5/c1-3-5-7-9-11-13-15-17-24-28-32-36-40-44-48-52-58(63)64-53-49-45-41-37-33-29-26-23-21-19-18-20-22-25-27-31-35-39-43-47-51-57(62)59-55(54-60)56(61)50-46-42-38-34-30-16-14-12-10-8-6-4-2/h11,13,17-18,20,24,55-56,60-61H,3-10,12,14-16,19,21-23,25-54H2,1-2H3,(H,59,62)/b13-11-,20-18-,24-17-. The van der Waals surface area contributed by atoms with Crippen molar-refractivity contribution in [1.82, 2.24) is 5.32 Å². The quantitative estimate of drug-likeness (QED) is 0.0321. The number of nitrogens with one attached hydrogen (secondary N) is 1. The van der Waals surface area contributed by atoms with Crippen molar-refractivity contribution in [3.05, 3.63) is 36.5 Å². The number of amides is 1. The number of unbranched alkanes of at least 4 members (excludes halogenated alkanes) is 35. The third-order valence-electron chi connectivity index (χ3n) is 12.9. The summed E-state index contributed by atoms with van der Waals surface area (Å²) in [6.07, 6.45) is 65.6. The monoisotopic (exact) mass is 900 g/mol. The summed E-state index contributed by atoms with van der Waals surface area (Å²) in [7, 11) is 0. The number of aliphatic hydroxyl groups excluding tert-OH is 2. The van der Waals surface area contributed by atoms with E-state index in [1.54, 1.807) is 0 Å². The van der Waals surface area contributed by atoms with E-state index in [1.165, 1.54) is 212 Å². The van der Waals surface area contributed by atoms with Crippen LogP contribution in [0.5, 0.6) is 0 Å². The van der Waals surface area contributed by atoms with Gasteiger partial charge in [0.15, 0.2) is 0 Å². The van der Waals surface area contributed by atoms with Crippen molar-refractivity contribution >= 4 is 11.9 Å². The molecule has 0 bridgehead atoms. The van der Waals surface area contributed by atoms with Gasteiger partial charge >= 0.3 is 5.97 Å². The van der Waals surface area contributed by atoms with Crippen LogP contribution in [0.2, 0.25) is 0 Å². The van der Waals surface area contributed by atoms with Gasteiger partial charge in [0.2, 0.25) is 5.91 Å². The van der Waals surface area contributed by atoms with Crippen LogP contribution in [0.4, 0.5) is 0 Å². The first-order valence-electron chi connectivity index (χ1n) is 28.2. The van der Waals surface area contributed by atoms with E-state index in [-0.39, 0.29) is 18.5 Å². The van der Waals surface area contributed by atoms with E-state index in [9.17, 15) is 19.8 Å². The van der Waals surface area contributed by atoms with Gasteiger partial charge in [0.1, 0.15) is 0 Å². The highest BCUT2D eigenvalue weighted by molar-refractivity contribution is 5.76. The fourth-order valence-electron chi connectivity index (χ4n) is 8.55. The van der Waals surface area contributed by atoms with E-state index in [2.05, 4.69) is 55.6 Å². The molecule has 0 aliphatic rings. The lowest BCUT2D eigenvalue weighted by Gasteiger charge is -2.22. The summed E-state index contributed by atoms with van der Waals surface area (Å²) in [5, 5.41) is 23.2. The largest absolute Gasteiger partial charge is 0.466 e. The van der Waals surface area contributed by atoms with Crippen LogP contribution in [0.15, 0.2) is 36.5 Å². The second-order valence-electron chi connectivity index (χ2n) is 19.3. The van der Waals surface area contributed by atoms with Gasteiger partial charge in [0.25, 0.3) is 0 Å². The van der Waals surface area contributed by atoms with Gasteiger partial charge in [0.05, 0.1) is 25.4 Å². The molecule has 0 aliphatic carbocycles. The minimum atomic E-state index is -0.669. The normalized spacial score (nSPS) is 12.9.